The third kappa shape index (κ3) is 5.46. The second kappa shape index (κ2) is 11.1. The van der Waals surface area contributed by atoms with Crippen LogP contribution in [0.2, 0.25) is 5.02 Å². The van der Waals surface area contributed by atoms with E-state index in [1.807, 2.05) is 35.2 Å². The SMILES string of the molecule is Cc1ccc(C)c(N2CCN(C(=O)[C@H]3CN(S(=O)(=O)c4cccc(Cl)c4)CC[C@@H]3c3ccccc3)CC2)c1. The normalized spacial score (nSPS) is 20.9. The fourth-order valence-corrected chi connectivity index (χ4v) is 7.51. The van der Waals surface area contributed by atoms with Crippen LogP contribution in [-0.2, 0) is 14.8 Å². The standard InChI is InChI=1S/C30H34ClN3O3S/c1-22-11-12-23(2)29(19-22)32-15-17-33(18-16-32)30(35)28-21-34(14-13-27(28)24-7-4-3-5-8-24)38(36,37)26-10-6-9-25(31)20-26/h3-12,19-20,27-28H,13-18,21H2,1-2H3/t27-,28+/m1/s1. The molecule has 0 unspecified atom stereocenters. The summed E-state index contributed by atoms with van der Waals surface area (Å²) in [6.07, 6.45) is 0.586. The van der Waals surface area contributed by atoms with E-state index in [1.165, 1.54) is 27.2 Å². The molecular weight excluding hydrogens is 518 g/mol. The molecule has 0 aromatic heterocycles. The molecule has 200 valence electrons. The highest BCUT2D eigenvalue weighted by Gasteiger charge is 2.41. The maximum absolute atomic E-state index is 14.0. The molecule has 2 saturated heterocycles. The molecule has 2 fully saturated rings. The van der Waals surface area contributed by atoms with Crippen molar-refractivity contribution in [3.63, 3.8) is 0 Å². The molecule has 1 amide bonds. The smallest absolute Gasteiger partial charge is 0.243 e. The van der Waals surface area contributed by atoms with E-state index in [9.17, 15) is 13.2 Å². The summed E-state index contributed by atoms with van der Waals surface area (Å²) in [6, 6.07) is 22.8. The summed E-state index contributed by atoms with van der Waals surface area (Å²) in [5.74, 6) is -0.454. The highest BCUT2D eigenvalue weighted by molar-refractivity contribution is 7.89. The molecule has 3 aromatic rings. The van der Waals surface area contributed by atoms with Crippen LogP contribution in [0, 0.1) is 19.8 Å². The average molecular weight is 552 g/mol. The van der Waals surface area contributed by atoms with Gasteiger partial charge < -0.3 is 9.80 Å². The highest BCUT2D eigenvalue weighted by Crippen LogP contribution is 2.37. The van der Waals surface area contributed by atoms with Gasteiger partial charge in [-0.2, -0.15) is 4.31 Å². The first-order valence-corrected chi connectivity index (χ1v) is 15.0. The van der Waals surface area contributed by atoms with Gasteiger partial charge in [0.15, 0.2) is 0 Å². The van der Waals surface area contributed by atoms with Gasteiger partial charge in [0, 0.05) is 50.0 Å². The largest absolute Gasteiger partial charge is 0.368 e. The fourth-order valence-electron chi connectivity index (χ4n) is 5.73. The van der Waals surface area contributed by atoms with Gasteiger partial charge in [-0.3, -0.25) is 4.79 Å². The molecule has 8 heteroatoms. The van der Waals surface area contributed by atoms with Crippen LogP contribution in [0.15, 0.2) is 77.7 Å². The van der Waals surface area contributed by atoms with E-state index >= 15 is 0 Å². The van der Waals surface area contributed by atoms with E-state index in [0.29, 0.717) is 31.1 Å². The number of piperazine rings is 1. The maximum Gasteiger partial charge on any atom is 0.243 e. The minimum Gasteiger partial charge on any atom is -0.368 e. The number of nitrogens with zero attached hydrogens (tertiary/aromatic N) is 3. The number of halogens is 1. The van der Waals surface area contributed by atoms with Crippen LogP contribution in [0.1, 0.15) is 29.0 Å². The lowest BCUT2D eigenvalue weighted by molar-refractivity contribution is -0.137. The van der Waals surface area contributed by atoms with E-state index in [1.54, 1.807) is 18.2 Å². The van der Waals surface area contributed by atoms with Crippen molar-refractivity contribution >= 4 is 33.2 Å². The Hall–Kier alpha value is -2.87. The minimum atomic E-state index is -3.77. The molecule has 2 aliphatic rings. The summed E-state index contributed by atoms with van der Waals surface area (Å²) in [4.78, 5) is 18.5. The lowest BCUT2D eigenvalue weighted by Gasteiger charge is -2.42. The predicted molar refractivity (Wildman–Crippen MR) is 152 cm³/mol. The molecule has 0 bridgehead atoms. The third-order valence-corrected chi connectivity index (χ3v) is 9.95. The lowest BCUT2D eigenvalue weighted by atomic mass is 9.80. The van der Waals surface area contributed by atoms with Crippen LogP contribution in [0.4, 0.5) is 5.69 Å². The van der Waals surface area contributed by atoms with E-state index in [4.69, 9.17) is 11.6 Å². The van der Waals surface area contributed by atoms with Crippen molar-refractivity contribution in [3.8, 4) is 0 Å². The van der Waals surface area contributed by atoms with E-state index in [0.717, 1.165) is 18.7 Å². The molecule has 5 rings (SSSR count). The van der Waals surface area contributed by atoms with Crippen molar-refractivity contribution in [1.29, 1.82) is 0 Å². The van der Waals surface area contributed by atoms with Gasteiger partial charge in [0.05, 0.1) is 10.8 Å². The van der Waals surface area contributed by atoms with Crippen LogP contribution >= 0.6 is 11.6 Å². The minimum absolute atomic E-state index is 0.0328. The number of carbonyl (C=O) groups excluding carboxylic acids is 1. The Morgan fingerprint density at radius 2 is 1.61 bits per heavy atom. The summed E-state index contributed by atoms with van der Waals surface area (Å²) in [5.41, 5.74) is 4.75. The molecule has 2 aliphatic heterocycles. The van der Waals surface area contributed by atoms with Crippen LogP contribution in [0.3, 0.4) is 0 Å². The number of amides is 1. The molecule has 38 heavy (non-hydrogen) atoms. The first-order valence-electron chi connectivity index (χ1n) is 13.2. The highest BCUT2D eigenvalue weighted by atomic mass is 35.5. The van der Waals surface area contributed by atoms with Crippen molar-refractivity contribution < 1.29 is 13.2 Å². The number of piperidine rings is 1. The molecule has 2 heterocycles. The molecule has 2 atom stereocenters. The number of rotatable bonds is 5. The number of benzene rings is 3. The van der Waals surface area contributed by atoms with Crippen LogP contribution < -0.4 is 4.90 Å². The number of carbonyl (C=O) groups is 1. The number of hydrogen-bond acceptors (Lipinski definition) is 4. The lowest BCUT2D eigenvalue weighted by Crippen LogP contribution is -2.54. The van der Waals surface area contributed by atoms with Gasteiger partial charge in [-0.1, -0.05) is 60.1 Å². The predicted octanol–water partition coefficient (Wildman–Crippen LogP) is 5.10. The van der Waals surface area contributed by atoms with Crippen LogP contribution in [0.5, 0.6) is 0 Å². The average Bonchev–Trinajstić information content (AvgIpc) is 2.94. The summed E-state index contributed by atoms with van der Waals surface area (Å²) < 4.78 is 28.5. The molecule has 0 radical (unpaired) electrons. The second-order valence-corrected chi connectivity index (χ2v) is 12.7. The summed E-state index contributed by atoms with van der Waals surface area (Å²) in [6.45, 7) is 7.47. The van der Waals surface area contributed by atoms with Gasteiger partial charge in [0.1, 0.15) is 0 Å². The van der Waals surface area contributed by atoms with Gasteiger partial charge in [-0.25, -0.2) is 8.42 Å². The third-order valence-electron chi connectivity index (χ3n) is 7.85. The van der Waals surface area contributed by atoms with Crippen molar-refractivity contribution in [2.75, 3.05) is 44.2 Å². The van der Waals surface area contributed by atoms with Crippen molar-refractivity contribution in [1.82, 2.24) is 9.21 Å². The van der Waals surface area contributed by atoms with Crippen LogP contribution in [-0.4, -0.2) is 62.8 Å². The summed E-state index contributed by atoms with van der Waals surface area (Å²) in [5, 5.41) is 0.375. The van der Waals surface area contributed by atoms with E-state index in [-0.39, 0.29) is 23.3 Å². The van der Waals surface area contributed by atoms with Gasteiger partial charge in [0.25, 0.3) is 0 Å². The zero-order valence-electron chi connectivity index (χ0n) is 21.9. The number of sulfonamides is 1. The number of hydrogen-bond donors (Lipinski definition) is 0. The van der Waals surface area contributed by atoms with E-state index < -0.39 is 15.9 Å². The zero-order valence-corrected chi connectivity index (χ0v) is 23.5. The topological polar surface area (TPSA) is 60.9 Å². The monoisotopic (exact) mass is 551 g/mol. The second-order valence-electron chi connectivity index (χ2n) is 10.3. The number of anilines is 1. The molecule has 6 nitrogen and oxygen atoms in total. The Morgan fingerprint density at radius 3 is 2.32 bits per heavy atom. The Balaban J connectivity index is 1.37. The van der Waals surface area contributed by atoms with Gasteiger partial charge in [0.2, 0.25) is 15.9 Å². The summed E-state index contributed by atoms with van der Waals surface area (Å²) >= 11 is 6.10. The maximum atomic E-state index is 14.0. The van der Waals surface area contributed by atoms with E-state index in [2.05, 4.69) is 36.9 Å². The van der Waals surface area contributed by atoms with Crippen LogP contribution in [0.25, 0.3) is 0 Å². The first kappa shape index (κ1) is 26.7. The van der Waals surface area contributed by atoms with Gasteiger partial charge in [-0.05, 0) is 67.1 Å². The van der Waals surface area contributed by atoms with Crippen molar-refractivity contribution in [2.24, 2.45) is 5.92 Å². The summed E-state index contributed by atoms with van der Waals surface area (Å²) in [7, 11) is -3.77. The molecule has 0 saturated carbocycles. The molecule has 3 aromatic carbocycles. The molecular formula is C30H34ClN3O3S. The first-order chi connectivity index (χ1) is 18.2. The fraction of sp³-hybridized carbons (Fsp3) is 0.367. The Kier molecular flexibility index (Phi) is 7.80. The quantitative estimate of drug-likeness (QED) is 0.442. The Morgan fingerprint density at radius 1 is 0.868 bits per heavy atom. The molecule has 0 aliphatic carbocycles. The van der Waals surface area contributed by atoms with Gasteiger partial charge in [-0.15, -0.1) is 0 Å². The van der Waals surface area contributed by atoms with Gasteiger partial charge >= 0.3 is 0 Å². The number of aryl methyl sites for hydroxylation is 2. The van der Waals surface area contributed by atoms with Crippen molar-refractivity contribution in [2.45, 2.75) is 31.1 Å². The zero-order chi connectivity index (χ0) is 26.9. The molecule has 0 spiro atoms. The molecule has 0 N–H and O–H groups in total. The Bertz CT molecular complexity index is 1410. The van der Waals surface area contributed by atoms with Crippen molar-refractivity contribution in [3.05, 3.63) is 94.5 Å². The Labute approximate surface area is 230 Å².